The predicted molar refractivity (Wildman–Crippen MR) is 73.1 cm³/mol. The third-order valence-electron chi connectivity index (χ3n) is 3.37. The fourth-order valence-corrected chi connectivity index (χ4v) is 2.41. The number of halogens is 2. The van der Waals surface area contributed by atoms with E-state index >= 15 is 0 Å². The Morgan fingerprint density at radius 1 is 1.24 bits per heavy atom. The van der Waals surface area contributed by atoms with Gasteiger partial charge in [0.1, 0.15) is 0 Å². The molecule has 0 saturated heterocycles. The minimum absolute atomic E-state index is 0.0397. The van der Waals surface area contributed by atoms with E-state index in [4.69, 9.17) is 5.11 Å². The third kappa shape index (κ3) is 7.91. The van der Waals surface area contributed by atoms with Gasteiger partial charge in [-0.1, -0.05) is 19.3 Å². The topological polar surface area (TPSA) is 81.7 Å². The molecule has 0 spiro atoms. The van der Waals surface area contributed by atoms with Crippen LogP contribution in [0.5, 0.6) is 0 Å². The number of aliphatic hydroxyl groups excluding tert-OH is 1. The lowest BCUT2D eigenvalue weighted by molar-refractivity contribution is -0.121. The van der Waals surface area contributed by atoms with Crippen LogP contribution in [-0.2, 0) is 4.79 Å². The van der Waals surface area contributed by atoms with E-state index in [0.29, 0.717) is 0 Å². The van der Waals surface area contributed by atoms with Gasteiger partial charge in [-0.2, -0.15) is 0 Å². The Bertz CT molecular complexity index is 337. The maximum atomic E-state index is 12.3. The standard InChI is InChI=1S/C13H23F2N3O3/c14-11(15)8-18(6-7-19)9-12(20)17-13(21)16-10-4-2-1-3-5-10/h10-11,19H,1-9H2,(H2,16,17,20,21). The first-order valence-electron chi connectivity index (χ1n) is 7.23. The van der Waals surface area contributed by atoms with Crippen molar-refractivity contribution in [1.29, 1.82) is 0 Å². The van der Waals surface area contributed by atoms with E-state index in [1.807, 2.05) is 0 Å². The molecule has 0 heterocycles. The molecule has 1 rings (SSSR count). The van der Waals surface area contributed by atoms with Gasteiger partial charge >= 0.3 is 6.03 Å². The summed E-state index contributed by atoms with van der Waals surface area (Å²) in [6.45, 7) is -1.32. The molecule has 6 nitrogen and oxygen atoms in total. The molecular formula is C13H23F2N3O3. The number of alkyl halides is 2. The number of hydrogen-bond acceptors (Lipinski definition) is 4. The van der Waals surface area contributed by atoms with Crippen LogP contribution in [0.25, 0.3) is 0 Å². The minimum Gasteiger partial charge on any atom is -0.395 e. The van der Waals surface area contributed by atoms with Crippen molar-refractivity contribution in [3.8, 4) is 0 Å². The Kier molecular flexibility index (Phi) is 8.14. The number of carbonyl (C=O) groups is 2. The van der Waals surface area contributed by atoms with Crippen molar-refractivity contribution in [2.75, 3.05) is 26.2 Å². The second-order valence-electron chi connectivity index (χ2n) is 5.21. The van der Waals surface area contributed by atoms with Crippen molar-refractivity contribution in [2.24, 2.45) is 0 Å². The molecule has 0 atom stereocenters. The second-order valence-corrected chi connectivity index (χ2v) is 5.21. The van der Waals surface area contributed by atoms with Crippen molar-refractivity contribution in [1.82, 2.24) is 15.5 Å². The van der Waals surface area contributed by atoms with Crippen LogP contribution in [0.15, 0.2) is 0 Å². The fraction of sp³-hybridized carbons (Fsp3) is 0.846. The number of carbonyl (C=O) groups excluding carboxylic acids is 2. The summed E-state index contributed by atoms with van der Waals surface area (Å²) in [5.41, 5.74) is 0. The number of urea groups is 1. The number of amides is 3. The van der Waals surface area contributed by atoms with Crippen molar-refractivity contribution in [3.63, 3.8) is 0 Å². The third-order valence-corrected chi connectivity index (χ3v) is 3.37. The monoisotopic (exact) mass is 307 g/mol. The summed E-state index contributed by atoms with van der Waals surface area (Å²) in [6, 6.07) is -0.519. The fourth-order valence-electron chi connectivity index (χ4n) is 2.41. The molecule has 0 radical (unpaired) electrons. The van der Waals surface area contributed by atoms with Crippen LogP contribution in [0.3, 0.4) is 0 Å². The average Bonchev–Trinajstić information content (AvgIpc) is 2.38. The molecule has 8 heteroatoms. The van der Waals surface area contributed by atoms with Gasteiger partial charge in [-0.05, 0) is 12.8 Å². The molecule has 3 amide bonds. The molecule has 1 aliphatic rings. The average molecular weight is 307 g/mol. The lowest BCUT2D eigenvalue weighted by Crippen LogP contribution is -2.48. The van der Waals surface area contributed by atoms with Gasteiger partial charge in [0.25, 0.3) is 6.43 Å². The highest BCUT2D eigenvalue weighted by Crippen LogP contribution is 2.17. The minimum atomic E-state index is -2.60. The largest absolute Gasteiger partial charge is 0.395 e. The second kappa shape index (κ2) is 9.62. The Balaban J connectivity index is 2.31. The molecule has 1 aliphatic carbocycles. The summed E-state index contributed by atoms with van der Waals surface area (Å²) in [4.78, 5) is 24.4. The zero-order valence-corrected chi connectivity index (χ0v) is 12.0. The molecule has 122 valence electrons. The van der Waals surface area contributed by atoms with Crippen LogP contribution in [-0.4, -0.2) is 60.7 Å². The van der Waals surface area contributed by atoms with Crippen molar-refractivity contribution in [2.45, 2.75) is 44.6 Å². The Hall–Kier alpha value is -1.28. The van der Waals surface area contributed by atoms with E-state index in [2.05, 4.69) is 10.6 Å². The summed E-state index contributed by atoms with van der Waals surface area (Å²) in [6.07, 6.45) is 2.45. The highest BCUT2D eigenvalue weighted by Gasteiger charge is 2.19. The Labute approximate surface area is 122 Å². The first-order valence-corrected chi connectivity index (χ1v) is 7.23. The van der Waals surface area contributed by atoms with E-state index in [9.17, 15) is 18.4 Å². The molecule has 0 aromatic rings. The van der Waals surface area contributed by atoms with Crippen LogP contribution in [0.2, 0.25) is 0 Å². The van der Waals surface area contributed by atoms with Gasteiger partial charge in [0, 0.05) is 12.6 Å². The van der Waals surface area contributed by atoms with E-state index in [-0.39, 0.29) is 25.7 Å². The molecule has 21 heavy (non-hydrogen) atoms. The Morgan fingerprint density at radius 2 is 1.90 bits per heavy atom. The van der Waals surface area contributed by atoms with Gasteiger partial charge in [0.15, 0.2) is 0 Å². The van der Waals surface area contributed by atoms with Gasteiger partial charge in [-0.25, -0.2) is 13.6 Å². The molecule has 0 bridgehead atoms. The first-order chi connectivity index (χ1) is 10.0. The smallest absolute Gasteiger partial charge is 0.321 e. The number of imide groups is 1. The summed E-state index contributed by atoms with van der Waals surface area (Å²) < 4.78 is 24.6. The molecule has 0 aliphatic heterocycles. The summed E-state index contributed by atoms with van der Waals surface area (Å²) >= 11 is 0. The maximum Gasteiger partial charge on any atom is 0.321 e. The lowest BCUT2D eigenvalue weighted by Gasteiger charge is -2.23. The highest BCUT2D eigenvalue weighted by molar-refractivity contribution is 5.95. The van der Waals surface area contributed by atoms with Gasteiger partial charge in [0.05, 0.1) is 19.7 Å². The predicted octanol–water partition coefficient (Wildman–Crippen LogP) is 0.704. The number of nitrogens with one attached hydrogen (secondary N) is 2. The van der Waals surface area contributed by atoms with Gasteiger partial charge in [-0.3, -0.25) is 15.0 Å². The number of aliphatic hydroxyl groups is 1. The number of rotatable bonds is 7. The molecule has 1 fully saturated rings. The summed E-state index contributed by atoms with van der Waals surface area (Å²) in [5.74, 6) is -0.655. The number of hydrogen-bond donors (Lipinski definition) is 3. The van der Waals surface area contributed by atoms with Gasteiger partial charge in [-0.15, -0.1) is 0 Å². The van der Waals surface area contributed by atoms with E-state index in [1.54, 1.807) is 0 Å². The first kappa shape index (κ1) is 17.8. The van der Waals surface area contributed by atoms with Crippen LogP contribution >= 0.6 is 0 Å². The van der Waals surface area contributed by atoms with Gasteiger partial charge < -0.3 is 10.4 Å². The maximum absolute atomic E-state index is 12.3. The Morgan fingerprint density at radius 3 is 2.48 bits per heavy atom. The SMILES string of the molecule is O=C(CN(CCO)CC(F)F)NC(=O)NC1CCCCC1. The van der Waals surface area contributed by atoms with E-state index in [1.165, 1.54) is 0 Å². The summed E-state index contributed by atoms with van der Waals surface area (Å²) in [5, 5.41) is 13.6. The van der Waals surface area contributed by atoms with Crippen LogP contribution in [0.4, 0.5) is 13.6 Å². The number of nitrogens with zero attached hydrogens (tertiary/aromatic N) is 1. The van der Waals surface area contributed by atoms with Crippen LogP contribution < -0.4 is 10.6 Å². The van der Waals surface area contributed by atoms with Crippen molar-refractivity contribution >= 4 is 11.9 Å². The van der Waals surface area contributed by atoms with Crippen LogP contribution in [0.1, 0.15) is 32.1 Å². The molecule has 0 unspecified atom stereocenters. The van der Waals surface area contributed by atoms with Crippen molar-refractivity contribution < 1.29 is 23.5 Å². The molecule has 0 aromatic heterocycles. The quantitative estimate of drug-likeness (QED) is 0.647. The normalized spacial score (nSPS) is 16.2. The van der Waals surface area contributed by atoms with Crippen molar-refractivity contribution in [3.05, 3.63) is 0 Å². The zero-order chi connectivity index (χ0) is 15.7. The van der Waals surface area contributed by atoms with Crippen LogP contribution in [0, 0.1) is 0 Å². The van der Waals surface area contributed by atoms with E-state index < -0.39 is 24.9 Å². The molecule has 3 N–H and O–H groups in total. The highest BCUT2D eigenvalue weighted by atomic mass is 19.3. The van der Waals surface area contributed by atoms with E-state index in [0.717, 1.165) is 37.0 Å². The molecular weight excluding hydrogens is 284 g/mol. The summed E-state index contributed by atoms with van der Waals surface area (Å²) in [7, 11) is 0. The lowest BCUT2D eigenvalue weighted by atomic mass is 9.96. The zero-order valence-electron chi connectivity index (χ0n) is 12.0. The molecule has 1 saturated carbocycles. The van der Waals surface area contributed by atoms with Gasteiger partial charge in [0.2, 0.25) is 5.91 Å². The molecule has 0 aromatic carbocycles.